The van der Waals surface area contributed by atoms with Gasteiger partial charge in [-0.25, -0.2) is 9.59 Å². The average Bonchev–Trinajstić information content (AvgIpc) is 2.39. The van der Waals surface area contributed by atoms with Crippen LogP contribution in [0.4, 0.5) is 4.79 Å². The van der Waals surface area contributed by atoms with Gasteiger partial charge in [-0.3, -0.25) is 4.79 Å². The number of likely N-dealkylation sites (N-methyl/N-ethyl adjacent to an activating group) is 2. The predicted octanol–water partition coefficient (Wildman–Crippen LogP) is -0.746. The van der Waals surface area contributed by atoms with Crippen LogP contribution in [0, 0.1) is 0 Å². The Bertz CT molecular complexity index is 321. The van der Waals surface area contributed by atoms with Crippen LogP contribution in [0.1, 0.15) is 12.8 Å². The zero-order valence-corrected chi connectivity index (χ0v) is 11.4. The second-order valence-corrected chi connectivity index (χ2v) is 3.98. The first-order valence-corrected chi connectivity index (χ1v) is 5.88. The lowest BCUT2D eigenvalue weighted by Crippen LogP contribution is -2.48. The summed E-state index contributed by atoms with van der Waals surface area (Å²) in [5, 5.41) is 14.2. The molecule has 0 aromatic rings. The number of rotatable bonds is 8. The van der Waals surface area contributed by atoms with Crippen LogP contribution in [0.25, 0.3) is 0 Å². The number of carboxylic acid groups (broad SMARTS) is 1. The van der Waals surface area contributed by atoms with E-state index < -0.39 is 24.0 Å². The zero-order chi connectivity index (χ0) is 14.8. The van der Waals surface area contributed by atoms with E-state index in [1.807, 2.05) is 0 Å². The zero-order valence-electron chi connectivity index (χ0n) is 11.4. The summed E-state index contributed by atoms with van der Waals surface area (Å²) in [6.07, 6.45) is -0.0679. The molecule has 8 heteroatoms. The van der Waals surface area contributed by atoms with Crippen LogP contribution in [0.15, 0.2) is 0 Å². The Morgan fingerprint density at radius 3 is 2.47 bits per heavy atom. The van der Waals surface area contributed by atoms with Crippen molar-refractivity contribution in [2.24, 2.45) is 0 Å². The van der Waals surface area contributed by atoms with Gasteiger partial charge in [-0.15, -0.1) is 0 Å². The molecule has 0 aromatic heterocycles. The minimum absolute atomic E-state index is 0.00633. The molecule has 110 valence electrons. The third-order valence-electron chi connectivity index (χ3n) is 2.50. The summed E-state index contributed by atoms with van der Waals surface area (Å²) in [4.78, 5) is 35.0. The van der Waals surface area contributed by atoms with E-state index in [0.717, 1.165) is 0 Å². The number of amides is 2. The smallest absolute Gasteiger partial charge is 0.326 e. The number of carbonyl (C=O) groups excluding carboxylic acids is 2. The Hall–Kier alpha value is -1.83. The minimum Gasteiger partial charge on any atom is -0.480 e. The van der Waals surface area contributed by atoms with E-state index in [2.05, 4.69) is 15.4 Å². The molecule has 1 atom stereocenters. The number of methoxy groups -OCH3 is 1. The van der Waals surface area contributed by atoms with Gasteiger partial charge in [0.25, 0.3) is 0 Å². The summed E-state index contributed by atoms with van der Waals surface area (Å²) in [6, 6.07) is -1.60. The minimum atomic E-state index is -1.18. The molecule has 2 amide bonds. The third-order valence-corrected chi connectivity index (χ3v) is 2.50. The molecule has 0 heterocycles. The van der Waals surface area contributed by atoms with Gasteiger partial charge in [0, 0.05) is 26.6 Å². The van der Waals surface area contributed by atoms with Crippen LogP contribution in [0.3, 0.4) is 0 Å². The molecule has 0 aliphatic rings. The molecule has 0 fully saturated rings. The van der Waals surface area contributed by atoms with E-state index in [1.54, 1.807) is 14.1 Å². The molecule has 3 N–H and O–H groups in total. The first kappa shape index (κ1) is 17.2. The van der Waals surface area contributed by atoms with Crippen molar-refractivity contribution in [3.63, 3.8) is 0 Å². The lowest BCUT2D eigenvalue weighted by Gasteiger charge is -2.21. The molecular weight excluding hydrogens is 254 g/mol. The van der Waals surface area contributed by atoms with Gasteiger partial charge >= 0.3 is 18.0 Å². The number of carbonyl (C=O) groups is 3. The summed E-state index contributed by atoms with van der Waals surface area (Å²) in [5.74, 6) is -1.69. The average molecular weight is 275 g/mol. The van der Waals surface area contributed by atoms with Gasteiger partial charge in [-0.1, -0.05) is 0 Å². The Kier molecular flexibility index (Phi) is 8.27. The molecule has 0 unspecified atom stereocenters. The van der Waals surface area contributed by atoms with Gasteiger partial charge in [0.2, 0.25) is 0 Å². The van der Waals surface area contributed by atoms with Crippen LogP contribution < -0.4 is 10.6 Å². The molecule has 8 nitrogen and oxygen atoms in total. The van der Waals surface area contributed by atoms with Crippen molar-refractivity contribution >= 4 is 18.0 Å². The van der Waals surface area contributed by atoms with Gasteiger partial charge in [0.15, 0.2) is 0 Å². The number of hydrogen-bond acceptors (Lipinski definition) is 5. The number of hydrogen-bond donors (Lipinski definition) is 3. The highest BCUT2D eigenvalue weighted by Crippen LogP contribution is 2.00. The van der Waals surface area contributed by atoms with Crippen molar-refractivity contribution < 1.29 is 24.2 Å². The number of urea groups is 1. The lowest BCUT2D eigenvalue weighted by molar-refractivity contribution is -0.142. The maximum Gasteiger partial charge on any atom is 0.326 e. The normalized spacial score (nSPS) is 11.5. The Morgan fingerprint density at radius 1 is 1.37 bits per heavy atom. The molecule has 0 rings (SSSR count). The van der Waals surface area contributed by atoms with Crippen LogP contribution in [-0.2, 0) is 14.3 Å². The van der Waals surface area contributed by atoms with Crippen LogP contribution in [0.2, 0.25) is 0 Å². The first-order valence-electron chi connectivity index (χ1n) is 5.88. The Morgan fingerprint density at radius 2 is 2.00 bits per heavy atom. The lowest BCUT2D eigenvalue weighted by atomic mass is 10.1. The second kappa shape index (κ2) is 9.15. The fourth-order valence-electron chi connectivity index (χ4n) is 1.26. The van der Waals surface area contributed by atoms with Crippen molar-refractivity contribution in [1.29, 1.82) is 0 Å². The number of nitrogens with one attached hydrogen (secondary N) is 2. The topological polar surface area (TPSA) is 108 Å². The largest absolute Gasteiger partial charge is 0.480 e. The molecule has 0 aliphatic carbocycles. The fraction of sp³-hybridized carbons (Fsp3) is 0.727. The Balaban J connectivity index is 4.29. The van der Waals surface area contributed by atoms with Gasteiger partial charge in [0.05, 0.1) is 7.11 Å². The van der Waals surface area contributed by atoms with Gasteiger partial charge in [-0.2, -0.15) is 0 Å². The SMILES string of the molecule is CNCCN(C)C(=O)N[C@@H](CCC(=O)OC)C(=O)O. The van der Waals surface area contributed by atoms with Crippen molar-refractivity contribution in [2.75, 3.05) is 34.3 Å². The van der Waals surface area contributed by atoms with Gasteiger partial charge < -0.3 is 25.4 Å². The van der Waals surface area contributed by atoms with Crippen molar-refractivity contribution in [3.05, 3.63) is 0 Å². The summed E-state index contributed by atoms with van der Waals surface area (Å²) in [6.45, 7) is 1.05. The fourth-order valence-corrected chi connectivity index (χ4v) is 1.26. The van der Waals surface area contributed by atoms with Gasteiger partial charge in [0.1, 0.15) is 6.04 Å². The van der Waals surface area contributed by atoms with E-state index >= 15 is 0 Å². The molecule has 0 bridgehead atoms. The summed E-state index contributed by atoms with van der Waals surface area (Å²) < 4.78 is 4.42. The highest BCUT2D eigenvalue weighted by atomic mass is 16.5. The standard InChI is InChI=1S/C11H21N3O5/c1-12-6-7-14(2)11(18)13-8(10(16)17)4-5-9(15)19-3/h8,12H,4-7H2,1-3H3,(H,13,18)(H,16,17)/t8-/m0/s1. The molecule has 19 heavy (non-hydrogen) atoms. The highest BCUT2D eigenvalue weighted by Gasteiger charge is 2.22. The monoisotopic (exact) mass is 275 g/mol. The molecule has 0 saturated heterocycles. The van der Waals surface area contributed by atoms with Crippen LogP contribution >= 0.6 is 0 Å². The highest BCUT2D eigenvalue weighted by molar-refractivity contribution is 5.83. The maximum absolute atomic E-state index is 11.7. The predicted molar refractivity (Wildman–Crippen MR) is 67.8 cm³/mol. The number of ether oxygens (including phenoxy) is 1. The van der Waals surface area contributed by atoms with Crippen molar-refractivity contribution in [2.45, 2.75) is 18.9 Å². The van der Waals surface area contributed by atoms with E-state index in [1.165, 1.54) is 12.0 Å². The molecule has 0 aromatic carbocycles. The summed E-state index contributed by atoms with van der Waals surface area (Å²) >= 11 is 0. The third kappa shape index (κ3) is 7.24. The molecular formula is C11H21N3O5. The number of carboxylic acids is 1. The van der Waals surface area contributed by atoms with E-state index in [9.17, 15) is 14.4 Å². The number of aliphatic carboxylic acids is 1. The summed E-state index contributed by atoms with van der Waals surface area (Å²) in [5.41, 5.74) is 0. The van der Waals surface area contributed by atoms with Crippen molar-refractivity contribution in [3.8, 4) is 0 Å². The maximum atomic E-state index is 11.7. The molecule has 0 saturated carbocycles. The van der Waals surface area contributed by atoms with E-state index in [0.29, 0.717) is 13.1 Å². The van der Waals surface area contributed by atoms with Crippen LogP contribution in [0.5, 0.6) is 0 Å². The van der Waals surface area contributed by atoms with Crippen LogP contribution in [-0.4, -0.2) is 68.3 Å². The van der Waals surface area contributed by atoms with E-state index in [4.69, 9.17) is 5.11 Å². The molecule has 0 aliphatic heterocycles. The number of nitrogens with zero attached hydrogens (tertiary/aromatic N) is 1. The van der Waals surface area contributed by atoms with Gasteiger partial charge in [-0.05, 0) is 13.5 Å². The quantitative estimate of drug-likeness (QED) is 0.503. The molecule has 0 spiro atoms. The summed E-state index contributed by atoms with van der Waals surface area (Å²) in [7, 11) is 4.54. The number of esters is 1. The van der Waals surface area contributed by atoms with E-state index in [-0.39, 0.29) is 12.8 Å². The first-order chi connectivity index (χ1) is 8.92. The van der Waals surface area contributed by atoms with Crippen molar-refractivity contribution in [1.82, 2.24) is 15.5 Å². The molecule has 0 radical (unpaired) electrons. The second-order valence-electron chi connectivity index (χ2n) is 3.98. The Labute approximate surface area is 112 Å².